The van der Waals surface area contributed by atoms with E-state index in [9.17, 15) is 4.79 Å². The SMILES string of the molecule is N#Cc1ccsc1NC(=O)c1cc(N)cc(Br)c1. The molecule has 0 spiro atoms. The van der Waals surface area contributed by atoms with E-state index in [1.165, 1.54) is 11.3 Å². The van der Waals surface area contributed by atoms with Crippen LogP contribution in [0.25, 0.3) is 0 Å². The molecule has 0 bridgehead atoms. The third-order valence-electron chi connectivity index (χ3n) is 2.20. The molecule has 1 aromatic carbocycles. The molecule has 0 aliphatic heterocycles. The van der Waals surface area contributed by atoms with Crippen molar-refractivity contribution in [2.75, 3.05) is 11.1 Å². The van der Waals surface area contributed by atoms with E-state index >= 15 is 0 Å². The van der Waals surface area contributed by atoms with Crippen LogP contribution < -0.4 is 11.1 Å². The Balaban J connectivity index is 2.25. The molecule has 6 heteroatoms. The zero-order chi connectivity index (χ0) is 13.1. The molecule has 3 N–H and O–H groups in total. The Hall–Kier alpha value is -1.84. The summed E-state index contributed by atoms with van der Waals surface area (Å²) in [5.74, 6) is -0.290. The van der Waals surface area contributed by atoms with E-state index in [4.69, 9.17) is 11.0 Å². The number of halogens is 1. The van der Waals surface area contributed by atoms with Gasteiger partial charge in [-0.2, -0.15) is 5.26 Å². The Bertz CT molecular complexity index is 625. The number of amides is 1. The van der Waals surface area contributed by atoms with Gasteiger partial charge in [0.15, 0.2) is 0 Å². The van der Waals surface area contributed by atoms with Crippen molar-refractivity contribution < 1.29 is 4.79 Å². The van der Waals surface area contributed by atoms with Crippen molar-refractivity contribution in [3.05, 3.63) is 45.2 Å². The average Bonchev–Trinajstić information content (AvgIpc) is 2.75. The van der Waals surface area contributed by atoms with Gasteiger partial charge >= 0.3 is 0 Å². The molecule has 1 amide bonds. The van der Waals surface area contributed by atoms with Gasteiger partial charge in [-0.3, -0.25) is 4.79 Å². The third-order valence-corrected chi connectivity index (χ3v) is 3.48. The lowest BCUT2D eigenvalue weighted by Gasteiger charge is -2.05. The highest BCUT2D eigenvalue weighted by atomic mass is 79.9. The van der Waals surface area contributed by atoms with Crippen LogP contribution in [0.2, 0.25) is 0 Å². The Kier molecular flexibility index (Phi) is 3.65. The lowest BCUT2D eigenvalue weighted by atomic mass is 10.2. The van der Waals surface area contributed by atoms with Crippen molar-refractivity contribution in [3.8, 4) is 6.07 Å². The highest BCUT2D eigenvalue weighted by Gasteiger charge is 2.11. The maximum atomic E-state index is 12.0. The lowest BCUT2D eigenvalue weighted by molar-refractivity contribution is 0.102. The number of nitrogens with two attached hydrogens (primary N) is 1. The van der Waals surface area contributed by atoms with E-state index < -0.39 is 0 Å². The van der Waals surface area contributed by atoms with Crippen molar-refractivity contribution >= 4 is 43.9 Å². The monoisotopic (exact) mass is 321 g/mol. The first-order chi connectivity index (χ1) is 8.60. The fourth-order valence-corrected chi connectivity index (χ4v) is 2.66. The predicted octanol–water partition coefficient (Wildman–Crippen LogP) is 3.22. The van der Waals surface area contributed by atoms with Gasteiger partial charge < -0.3 is 11.1 Å². The molecule has 2 aromatic rings. The summed E-state index contributed by atoms with van der Waals surface area (Å²) < 4.78 is 0.735. The van der Waals surface area contributed by atoms with Gasteiger partial charge in [0.25, 0.3) is 5.91 Å². The molecular weight excluding hydrogens is 314 g/mol. The van der Waals surface area contributed by atoms with Crippen LogP contribution in [0.1, 0.15) is 15.9 Å². The summed E-state index contributed by atoms with van der Waals surface area (Å²) in [7, 11) is 0. The van der Waals surface area contributed by atoms with E-state index in [1.807, 2.05) is 6.07 Å². The maximum absolute atomic E-state index is 12.0. The summed E-state index contributed by atoms with van der Waals surface area (Å²) in [4.78, 5) is 12.0. The molecule has 0 saturated carbocycles. The van der Waals surface area contributed by atoms with Gasteiger partial charge in [0, 0.05) is 15.7 Å². The minimum Gasteiger partial charge on any atom is -0.399 e. The van der Waals surface area contributed by atoms with Crippen LogP contribution in [0, 0.1) is 11.3 Å². The van der Waals surface area contributed by atoms with Gasteiger partial charge in [0.05, 0.1) is 5.56 Å². The molecule has 0 radical (unpaired) electrons. The molecule has 0 aliphatic rings. The molecule has 0 unspecified atom stereocenters. The van der Waals surface area contributed by atoms with Crippen LogP contribution in [-0.4, -0.2) is 5.91 Å². The summed E-state index contributed by atoms with van der Waals surface area (Å²) in [5, 5.41) is 13.8. The fraction of sp³-hybridized carbons (Fsp3) is 0. The molecule has 0 fully saturated rings. The van der Waals surface area contributed by atoms with Crippen molar-refractivity contribution in [2.24, 2.45) is 0 Å². The first kappa shape index (κ1) is 12.6. The molecule has 1 aromatic heterocycles. The summed E-state index contributed by atoms with van der Waals surface area (Å²) in [6.07, 6.45) is 0. The number of carbonyl (C=O) groups is 1. The van der Waals surface area contributed by atoms with Crippen molar-refractivity contribution in [1.82, 2.24) is 0 Å². The van der Waals surface area contributed by atoms with E-state index in [0.717, 1.165) is 4.47 Å². The third kappa shape index (κ3) is 2.70. The van der Waals surface area contributed by atoms with Crippen LogP contribution in [0.5, 0.6) is 0 Å². The van der Waals surface area contributed by atoms with Crippen LogP contribution in [-0.2, 0) is 0 Å². The van der Waals surface area contributed by atoms with Gasteiger partial charge in [0.2, 0.25) is 0 Å². The largest absolute Gasteiger partial charge is 0.399 e. The number of nitrogen functional groups attached to an aromatic ring is 1. The van der Waals surface area contributed by atoms with Crippen molar-refractivity contribution in [1.29, 1.82) is 5.26 Å². The number of anilines is 2. The fourth-order valence-electron chi connectivity index (χ4n) is 1.41. The molecule has 2 rings (SSSR count). The minimum absolute atomic E-state index is 0.290. The molecular formula is C12H8BrN3OS. The Morgan fingerprint density at radius 1 is 1.44 bits per heavy atom. The zero-order valence-electron chi connectivity index (χ0n) is 9.11. The number of hydrogen-bond donors (Lipinski definition) is 2. The second kappa shape index (κ2) is 5.21. The molecule has 90 valence electrons. The van der Waals surface area contributed by atoms with Gasteiger partial charge in [0.1, 0.15) is 11.1 Å². The van der Waals surface area contributed by atoms with Crippen molar-refractivity contribution in [3.63, 3.8) is 0 Å². The van der Waals surface area contributed by atoms with Gasteiger partial charge in [-0.25, -0.2) is 0 Å². The molecule has 18 heavy (non-hydrogen) atoms. The summed E-state index contributed by atoms with van der Waals surface area (Å²) in [5.41, 5.74) is 7.07. The standard InChI is InChI=1S/C12H8BrN3OS/c13-9-3-8(4-10(15)5-9)11(17)16-12-7(6-14)1-2-18-12/h1-5H,15H2,(H,16,17). The molecule has 0 aliphatic carbocycles. The summed E-state index contributed by atoms with van der Waals surface area (Å²) in [6.45, 7) is 0. The molecule has 0 saturated heterocycles. The molecule has 0 atom stereocenters. The van der Waals surface area contributed by atoms with Crippen LogP contribution >= 0.6 is 27.3 Å². The van der Waals surface area contributed by atoms with E-state index in [0.29, 0.717) is 21.8 Å². The number of hydrogen-bond acceptors (Lipinski definition) is 4. The first-order valence-corrected chi connectivity index (χ1v) is 6.62. The highest BCUT2D eigenvalue weighted by Crippen LogP contribution is 2.24. The van der Waals surface area contributed by atoms with Crippen LogP contribution in [0.15, 0.2) is 34.1 Å². The summed E-state index contributed by atoms with van der Waals surface area (Å²) >= 11 is 4.59. The van der Waals surface area contributed by atoms with Gasteiger partial charge in [-0.1, -0.05) is 15.9 Å². The summed E-state index contributed by atoms with van der Waals surface area (Å²) in [6, 6.07) is 8.65. The smallest absolute Gasteiger partial charge is 0.256 e. The van der Waals surface area contributed by atoms with E-state index in [2.05, 4.69) is 21.2 Å². The number of rotatable bonds is 2. The Morgan fingerprint density at radius 3 is 2.89 bits per heavy atom. The Labute approximate surface area is 116 Å². The minimum atomic E-state index is -0.290. The Morgan fingerprint density at radius 2 is 2.22 bits per heavy atom. The van der Waals surface area contributed by atoms with Gasteiger partial charge in [-0.15, -0.1) is 11.3 Å². The zero-order valence-corrected chi connectivity index (χ0v) is 11.5. The van der Waals surface area contributed by atoms with Crippen molar-refractivity contribution in [2.45, 2.75) is 0 Å². The number of nitriles is 1. The number of carbonyl (C=O) groups excluding carboxylic acids is 1. The highest BCUT2D eigenvalue weighted by molar-refractivity contribution is 9.10. The van der Waals surface area contributed by atoms with E-state index in [1.54, 1.807) is 29.6 Å². The predicted molar refractivity (Wildman–Crippen MR) is 75.5 cm³/mol. The number of benzene rings is 1. The van der Waals surface area contributed by atoms with E-state index in [-0.39, 0.29) is 5.91 Å². The van der Waals surface area contributed by atoms with Gasteiger partial charge in [-0.05, 0) is 29.6 Å². The molecule has 4 nitrogen and oxygen atoms in total. The lowest BCUT2D eigenvalue weighted by Crippen LogP contribution is -2.12. The maximum Gasteiger partial charge on any atom is 0.256 e. The number of nitrogens with zero attached hydrogens (tertiary/aromatic N) is 1. The normalized spacial score (nSPS) is 9.78. The number of thiophene rings is 1. The topological polar surface area (TPSA) is 78.9 Å². The number of nitrogens with one attached hydrogen (secondary N) is 1. The van der Waals surface area contributed by atoms with Crippen LogP contribution in [0.3, 0.4) is 0 Å². The average molecular weight is 322 g/mol. The van der Waals surface area contributed by atoms with Crippen LogP contribution in [0.4, 0.5) is 10.7 Å². The first-order valence-electron chi connectivity index (χ1n) is 4.95. The second-order valence-electron chi connectivity index (χ2n) is 3.50. The molecule has 1 heterocycles. The second-order valence-corrected chi connectivity index (χ2v) is 5.33. The quantitative estimate of drug-likeness (QED) is 0.833.